The maximum Gasteiger partial charge on any atom is 0.240 e. The molecule has 1 amide bonds. The number of rotatable bonds is 4. The number of nitrogens with two attached hydrogens (primary N) is 1. The molecule has 1 atom stereocenters. The molecule has 114 valence electrons. The van der Waals surface area contributed by atoms with Crippen molar-refractivity contribution < 1.29 is 9.53 Å². The van der Waals surface area contributed by atoms with Crippen molar-refractivity contribution in [1.82, 2.24) is 9.97 Å². The third-order valence-electron chi connectivity index (χ3n) is 4.38. The van der Waals surface area contributed by atoms with Gasteiger partial charge in [0.15, 0.2) is 0 Å². The maximum absolute atomic E-state index is 11.5. The van der Waals surface area contributed by atoms with Crippen LogP contribution in [0.3, 0.4) is 0 Å². The lowest BCUT2D eigenvalue weighted by molar-refractivity contribution is -0.119. The van der Waals surface area contributed by atoms with Gasteiger partial charge in [-0.25, -0.2) is 9.97 Å². The van der Waals surface area contributed by atoms with Crippen molar-refractivity contribution in [2.45, 2.75) is 31.4 Å². The Labute approximate surface area is 124 Å². The lowest BCUT2D eigenvalue weighted by atomic mass is 9.96. The van der Waals surface area contributed by atoms with Gasteiger partial charge in [0.05, 0.1) is 5.60 Å². The Morgan fingerprint density at radius 3 is 2.81 bits per heavy atom. The first-order valence-corrected chi connectivity index (χ1v) is 7.20. The summed E-state index contributed by atoms with van der Waals surface area (Å²) >= 11 is 0. The van der Waals surface area contributed by atoms with E-state index in [9.17, 15) is 4.79 Å². The number of anilines is 2. The first-order valence-electron chi connectivity index (χ1n) is 7.20. The molecular formula is C14H21N5O2. The van der Waals surface area contributed by atoms with E-state index in [-0.39, 0.29) is 17.6 Å². The number of nitrogens with zero attached hydrogens (tertiary/aromatic N) is 4. The van der Waals surface area contributed by atoms with Gasteiger partial charge in [0.2, 0.25) is 5.91 Å². The van der Waals surface area contributed by atoms with Crippen molar-refractivity contribution in [3.8, 4) is 0 Å². The van der Waals surface area contributed by atoms with Crippen LogP contribution in [0.5, 0.6) is 0 Å². The molecule has 2 N–H and O–H groups in total. The maximum atomic E-state index is 11.5. The van der Waals surface area contributed by atoms with E-state index in [0.29, 0.717) is 0 Å². The van der Waals surface area contributed by atoms with Gasteiger partial charge in [0.25, 0.3) is 0 Å². The minimum atomic E-state index is -0.288. The molecule has 7 nitrogen and oxygen atoms in total. The number of ether oxygens (including phenoxy) is 1. The molecule has 21 heavy (non-hydrogen) atoms. The molecule has 7 heteroatoms. The number of methoxy groups -OCH3 is 1. The highest BCUT2D eigenvalue weighted by Gasteiger charge is 2.40. The van der Waals surface area contributed by atoms with E-state index in [2.05, 4.69) is 21.8 Å². The molecule has 0 saturated carbocycles. The zero-order chi connectivity index (χ0) is 15.0. The van der Waals surface area contributed by atoms with Crippen LogP contribution in [-0.4, -0.2) is 54.3 Å². The molecular weight excluding hydrogens is 270 g/mol. The first-order chi connectivity index (χ1) is 10.0. The van der Waals surface area contributed by atoms with Gasteiger partial charge in [0.1, 0.15) is 24.0 Å². The van der Waals surface area contributed by atoms with Crippen LogP contribution < -0.4 is 15.5 Å². The van der Waals surface area contributed by atoms with E-state index in [4.69, 9.17) is 10.5 Å². The summed E-state index contributed by atoms with van der Waals surface area (Å²) in [4.78, 5) is 24.2. The third-order valence-corrected chi connectivity index (χ3v) is 4.38. The highest BCUT2D eigenvalue weighted by molar-refractivity contribution is 5.84. The number of hydrogen-bond acceptors (Lipinski definition) is 6. The van der Waals surface area contributed by atoms with E-state index >= 15 is 0 Å². The zero-order valence-corrected chi connectivity index (χ0v) is 12.5. The Kier molecular flexibility index (Phi) is 3.44. The Balaban J connectivity index is 1.77. The standard InChI is InChI=1S/C14H21N5O2/c1-14(21-2)7-18(8-14)11-6-12(17-9-16-11)19-5-3-4-10(19)13(15)20/h6,9-10H,3-5,7-8H2,1-2H3,(H2,15,20). The van der Waals surface area contributed by atoms with Gasteiger partial charge in [0, 0.05) is 32.8 Å². The number of amides is 1. The van der Waals surface area contributed by atoms with E-state index in [0.717, 1.165) is 44.1 Å². The van der Waals surface area contributed by atoms with Gasteiger partial charge in [-0.2, -0.15) is 0 Å². The zero-order valence-electron chi connectivity index (χ0n) is 12.5. The summed E-state index contributed by atoms with van der Waals surface area (Å²) in [5.74, 6) is 1.35. The number of primary amides is 1. The topological polar surface area (TPSA) is 84.6 Å². The molecule has 2 saturated heterocycles. The average Bonchev–Trinajstić information content (AvgIpc) is 2.93. The van der Waals surface area contributed by atoms with Gasteiger partial charge in [-0.05, 0) is 19.8 Å². The molecule has 1 aromatic rings. The second-order valence-electron chi connectivity index (χ2n) is 6.00. The molecule has 0 radical (unpaired) electrons. The Morgan fingerprint density at radius 2 is 2.14 bits per heavy atom. The summed E-state index contributed by atoms with van der Waals surface area (Å²) in [5.41, 5.74) is 5.36. The smallest absolute Gasteiger partial charge is 0.240 e. The van der Waals surface area contributed by atoms with Crippen molar-refractivity contribution in [3.05, 3.63) is 12.4 Å². The summed E-state index contributed by atoms with van der Waals surface area (Å²) < 4.78 is 5.45. The van der Waals surface area contributed by atoms with Crippen molar-refractivity contribution in [1.29, 1.82) is 0 Å². The molecule has 2 aliphatic rings. The normalized spacial score (nSPS) is 24.0. The van der Waals surface area contributed by atoms with Crippen LogP contribution in [0, 0.1) is 0 Å². The summed E-state index contributed by atoms with van der Waals surface area (Å²) in [5, 5.41) is 0. The quantitative estimate of drug-likeness (QED) is 0.850. The van der Waals surface area contributed by atoms with Gasteiger partial charge in [-0.3, -0.25) is 4.79 Å². The van der Waals surface area contributed by atoms with Crippen molar-refractivity contribution >= 4 is 17.5 Å². The van der Waals surface area contributed by atoms with E-state index in [1.807, 2.05) is 11.0 Å². The molecule has 0 spiro atoms. The second-order valence-corrected chi connectivity index (χ2v) is 6.00. The largest absolute Gasteiger partial charge is 0.375 e. The van der Waals surface area contributed by atoms with Crippen molar-refractivity contribution in [2.75, 3.05) is 36.5 Å². The van der Waals surface area contributed by atoms with Gasteiger partial charge < -0.3 is 20.3 Å². The summed E-state index contributed by atoms with van der Waals surface area (Å²) in [7, 11) is 1.73. The molecule has 0 aromatic carbocycles. The van der Waals surface area contributed by atoms with Gasteiger partial charge in [-0.1, -0.05) is 0 Å². The minimum Gasteiger partial charge on any atom is -0.375 e. The van der Waals surface area contributed by atoms with Crippen LogP contribution in [-0.2, 0) is 9.53 Å². The lowest BCUT2D eigenvalue weighted by Gasteiger charge is -2.47. The summed E-state index contributed by atoms with van der Waals surface area (Å²) in [6.45, 7) is 4.49. The van der Waals surface area contributed by atoms with E-state index in [1.54, 1.807) is 13.4 Å². The van der Waals surface area contributed by atoms with Gasteiger partial charge in [-0.15, -0.1) is 0 Å². The van der Waals surface area contributed by atoms with E-state index in [1.165, 1.54) is 0 Å². The molecule has 3 heterocycles. The number of carbonyl (C=O) groups is 1. The third kappa shape index (κ3) is 2.53. The lowest BCUT2D eigenvalue weighted by Crippen LogP contribution is -2.61. The average molecular weight is 291 g/mol. The fourth-order valence-electron chi connectivity index (χ4n) is 3.06. The summed E-state index contributed by atoms with van der Waals surface area (Å²) in [6.07, 6.45) is 3.29. The fraction of sp³-hybridized carbons (Fsp3) is 0.643. The predicted molar refractivity (Wildman–Crippen MR) is 79.2 cm³/mol. The second kappa shape index (κ2) is 5.14. The fourth-order valence-corrected chi connectivity index (χ4v) is 3.06. The molecule has 0 aliphatic carbocycles. The number of hydrogen-bond donors (Lipinski definition) is 1. The Bertz CT molecular complexity index is 544. The van der Waals surface area contributed by atoms with Crippen LogP contribution in [0.2, 0.25) is 0 Å². The Morgan fingerprint density at radius 1 is 1.43 bits per heavy atom. The Hall–Kier alpha value is -1.89. The molecule has 0 bridgehead atoms. The van der Waals surface area contributed by atoms with Crippen molar-refractivity contribution in [2.24, 2.45) is 5.73 Å². The molecule has 3 rings (SSSR count). The molecule has 2 aliphatic heterocycles. The summed E-state index contributed by atoms with van der Waals surface area (Å²) in [6, 6.07) is 1.67. The van der Waals surface area contributed by atoms with Gasteiger partial charge >= 0.3 is 0 Å². The molecule has 2 fully saturated rings. The highest BCUT2D eigenvalue weighted by Crippen LogP contribution is 2.31. The minimum absolute atomic E-state index is 0.103. The van der Waals surface area contributed by atoms with Crippen LogP contribution in [0.25, 0.3) is 0 Å². The first kappa shape index (κ1) is 14.1. The van der Waals surface area contributed by atoms with Crippen LogP contribution >= 0.6 is 0 Å². The molecule has 1 aromatic heterocycles. The molecule has 1 unspecified atom stereocenters. The van der Waals surface area contributed by atoms with Crippen LogP contribution in [0.1, 0.15) is 19.8 Å². The van der Waals surface area contributed by atoms with Crippen LogP contribution in [0.15, 0.2) is 12.4 Å². The highest BCUT2D eigenvalue weighted by atomic mass is 16.5. The SMILES string of the molecule is COC1(C)CN(c2cc(N3CCCC3C(N)=O)ncn2)C1. The predicted octanol–water partition coefficient (Wildman–Crippen LogP) is 0.156. The number of aromatic nitrogens is 2. The number of carbonyl (C=O) groups excluding carboxylic acids is 1. The van der Waals surface area contributed by atoms with Crippen molar-refractivity contribution in [3.63, 3.8) is 0 Å². The monoisotopic (exact) mass is 291 g/mol. The van der Waals surface area contributed by atoms with E-state index < -0.39 is 0 Å². The van der Waals surface area contributed by atoms with Crippen LogP contribution in [0.4, 0.5) is 11.6 Å².